The molecule has 0 amide bonds. The largest absolute Gasteiger partial charge is 0.507 e. The summed E-state index contributed by atoms with van der Waals surface area (Å²) >= 11 is 0. The topological polar surface area (TPSA) is 50.7 Å². The molecule has 19 heavy (non-hydrogen) atoms. The summed E-state index contributed by atoms with van der Waals surface area (Å²) in [6.07, 6.45) is -2.44. The number of halogens is 2. The molecule has 0 saturated carbocycles. The van der Waals surface area contributed by atoms with Crippen LogP contribution in [0.2, 0.25) is 0 Å². The Bertz CT molecular complexity index is 388. The molecule has 0 spiro atoms. The van der Waals surface area contributed by atoms with Gasteiger partial charge in [0.25, 0.3) is 6.43 Å². The van der Waals surface area contributed by atoms with Crippen molar-refractivity contribution >= 4 is 0 Å². The summed E-state index contributed by atoms with van der Waals surface area (Å²) in [6, 6.07) is 4.92. The molecule has 0 fully saturated rings. The van der Waals surface area contributed by atoms with Gasteiger partial charge in [0.1, 0.15) is 18.1 Å². The number of hydrogen-bond acceptors (Lipinski definition) is 4. The number of phenols is 1. The molecule has 1 aromatic rings. The molecule has 0 aliphatic heterocycles. The number of alkyl halides is 2. The Morgan fingerprint density at radius 2 is 2.11 bits per heavy atom. The first-order valence-corrected chi connectivity index (χ1v) is 6.00. The van der Waals surface area contributed by atoms with Gasteiger partial charge in [0.15, 0.2) is 0 Å². The van der Waals surface area contributed by atoms with Gasteiger partial charge in [-0.1, -0.05) is 6.07 Å². The van der Waals surface area contributed by atoms with Gasteiger partial charge in [-0.3, -0.25) is 0 Å². The van der Waals surface area contributed by atoms with Gasteiger partial charge in [-0.05, 0) is 13.0 Å². The number of methoxy groups -OCH3 is 1. The van der Waals surface area contributed by atoms with Crippen molar-refractivity contribution in [3.63, 3.8) is 0 Å². The zero-order chi connectivity index (χ0) is 14.3. The van der Waals surface area contributed by atoms with Crippen molar-refractivity contribution in [2.75, 3.05) is 26.9 Å². The molecule has 1 rings (SSSR count). The maximum Gasteiger partial charge on any atom is 0.261 e. The number of phenolic OH excluding ortho intramolecular Hbond substituents is 1. The van der Waals surface area contributed by atoms with Crippen molar-refractivity contribution in [2.24, 2.45) is 0 Å². The molecule has 6 heteroatoms. The molecular weight excluding hydrogens is 256 g/mol. The highest BCUT2D eigenvalue weighted by atomic mass is 19.3. The Balaban J connectivity index is 2.39. The van der Waals surface area contributed by atoms with Gasteiger partial charge < -0.3 is 19.9 Å². The lowest BCUT2D eigenvalue weighted by Gasteiger charge is -2.16. The third-order valence-corrected chi connectivity index (χ3v) is 2.64. The molecule has 0 aromatic heterocycles. The molecule has 1 unspecified atom stereocenters. The van der Waals surface area contributed by atoms with Crippen LogP contribution in [0.15, 0.2) is 18.2 Å². The van der Waals surface area contributed by atoms with Crippen molar-refractivity contribution in [3.8, 4) is 11.5 Å². The lowest BCUT2D eigenvalue weighted by molar-refractivity contribution is 0.0183. The maximum atomic E-state index is 11.8. The van der Waals surface area contributed by atoms with Crippen LogP contribution in [0.4, 0.5) is 8.78 Å². The molecule has 0 saturated heterocycles. The van der Waals surface area contributed by atoms with E-state index in [9.17, 15) is 13.9 Å². The number of hydrogen-bond donors (Lipinski definition) is 2. The Kier molecular flexibility index (Phi) is 6.52. The molecule has 4 nitrogen and oxygen atoms in total. The predicted octanol–water partition coefficient (Wildman–Crippen LogP) is 2.33. The fraction of sp³-hybridized carbons (Fsp3) is 0.538. The van der Waals surface area contributed by atoms with E-state index in [2.05, 4.69) is 5.32 Å². The third kappa shape index (κ3) is 5.40. The second-order valence-electron chi connectivity index (χ2n) is 4.07. The number of benzene rings is 1. The molecule has 0 radical (unpaired) electrons. The van der Waals surface area contributed by atoms with E-state index in [1.54, 1.807) is 12.1 Å². The molecule has 1 atom stereocenters. The molecular formula is C13H19F2NO3. The maximum absolute atomic E-state index is 11.8. The van der Waals surface area contributed by atoms with E-state index in [1.807, 2.05) is 6.92 Å². The standard InChI is InChI=1S/C13H19F2NO3/c1-9(16-5-6-19-8-13(14)15)11-4-3-10(18-2)7-12(11)17/h3-4,7,9,13,16-17H,5-6,8H2,1-2H3. The number of rotatable bonds is 8. The number of aromatic hydroxyl groups is 1. The quantitative estimate of drug-likeness (QED) is 0.715. The Morgan fingerprint density at radius 1 is 1.37 bits per heavy atom. The molecule has 0 heterocycles. The minimum atomic E-state index is -2.44. The van der Waals surface area contributed by atoms with Gasteiger partial charge >= 0.3 is 0 Å². The van der Waals surface area contributed by atoms with Crippen LogP contribution < -0.4 is 10.1 Å². The highest BCUT2D eigenvalue weighted by molar-refractivity contribution is 5.41. The molecule has 108 valence electrons. The minimum absolute atomic E-state index is 0.110. The van der Waals surface area contributed by atoms with Gasteiger partial charge in [0.2, 0.25) is 0 Å². The smallest absolute Gasteiger partial charge is 0.261 e. The second kappa shape index (κ2) is 7.91. The summed E-state index contributed by atoms with van der Waals surface area (Å²) in [5.41, 5.74) is 0.717. The molecule has 1 aromatic carbocycles. The number of ether oxygens (including phenoxy) is 2. The fourth-order valence-corrected chi connectivity index (χ4v) is 1.65. The van der Waals surface area contributed by atoms with Crippen LogP contribution in [-0.2, 0) is 4.74 Å². The fourth-order valence-electron chi connectivity index (χ4n) is 1.65. The van der Waals surface area contributed by atoms with Crippen molar-refractivity contribution in [2.45, 2.75) is 19.4 Å². The highest BCUT2D eigenvalue weighted by Crippen LogP contribution is 2.28. The van der Waals surface area contributed by atoms with E-state index in [4.69, 9.17) is 9.47 Å². The van der Waals surface area contributed by atoms with E-state index in [0.717, 1.165) is 5.56 Å². The van der Waals surface area contributed by atoms with Crippen molar-refractivity contribution < 1.29 is 23.4 Å². The first-order chi connectivity index (χ1) is 9.04. The van der Waals surface area contributed by atoms with E-state index < -0.39 is 13.0 Å². The first kappa shape index (κ1) is 15.7. The van der Waals surface area contributed by atoms with Gasteiger partial charge in [-0.2, -0.15) is 0 Å². The first-order valence-electron chi connectivity index (χ1n) is 6.00. The van der Waals surface area contributed by atoms with Gasteiger partial charge in [0.05, 0.1) is 13.7 Å². The summed E-state index contributed by atoms with van der Waals surface area (Å²) in [7, 11) is 1.52. The van der Waals surface area contributed by atoms with Crippen LogP contribution in [0, 0.1) is 0 Å². The van der Waals surface area contributed by atoms with Crippen LogP contribution in [0.3, 0.4) is 0 Å². The summed E-state index contributed by atoms with van der Waals surface area (Å²) in [5.74, 6) is 0.710. The normalized spacial score (nSPS) is 12.7. The van der Waals surface area contributed by atoms with Crippen LogP contribution in [0.25, 0.3) is 0 Å². The van der Waals surface area contributed by atoms with E-state index in [-0.39, 0.29) is 18.4 Å². The van der Waals surface area contributed by atoms with Gasteiger partial charge in [-0.15, -0.1) is 0 Å². The van der Waals surface area contributed by atoms with Crippen LogP contribution in [-0.4, -0.2) is 38.4 Å². The van der Waals surface area contributed by atoms with Crippen LogP contribution >= 0.6 is 0 Å². The summed E-state index contributed by atoms with van der Waals surface area (Å²) in [5, 5.41) is 12.9. The van der Waals surface area contributed by atoms with Gasteiger partial charge in [0, 0.05) is 24.2 Å². The molecule has 2 N–H and O–H groups in total. The Hall–Kier alpha value is -1.40. The highest BCUT2D eigenvalue weighted by Gasteiger charge is 2.10. The Morgan fingerprint density at radius 3 is 2.68 bits per heavy atom. The predicted molar refractivity (Wildman–Crippen MR) is 67.9 cm³/mol. The van der Waals surface area contributed by atoms with E-state index in [1.165, 1.54) is 13.2 Å². The summed E-state index contributed by atoms with van der Waals surface area (Å²) in [4.78, 5) is 0. The Labute approximate surface area is 111 Å². The van der Waals surface area contributed by atoms with Crippen molar-refractivity contribution in [3.05, 3.63) is 23.8 Å². The lowest BCUT2D eigenvalue weighted by Crippen LogP contribution is -2.24. The monoisotopic (exact) mass is 275 g/mol. The van der Waals surface area contributed by atoms with Gasteiger partial charge in [-0.25, -0.2) is 8.78 Å². The van der Waals surface area contributed by atoms with Crippen LogP contribution in [0.1, 0.15) is 18.5 Å². The molecule has 0 aliphatic rings. The van der Waals surface area contributed by atoms with Crippen LogP contribution in [0.5, 0.6) is 11.5 Å². The SMILES string of the molecule is COc1ccc(C(C)NCCOCC(F)F)c(O)c1. The average molecular weight is 275 g/mol. The lowest BCUT2D eigenvalue weighted by atomic mass is 10.1. The summed E-state index contributed by atoms with van der Waals surface area (Å²) < 4.78 is 33.4. The molecule has 0 aliphatic carbocycles. The minimum Gasteiger partial charge on any atom is -0.507 e. The second-order valence-corrected chi connectivity index (χ2v) is 4.07. The number of nitrogens with one attached hydrogen (secondary N) is 1. The van der Waals surface area contributed by atoms with Crippen molar-refractivity contribution in [1.29, 1.82) is 0 Å². The van der Waals surface area contributed by atoms with E-state index >= 15 is 0 Å². The molecule has 0 bridgehead atoms. The van der Waals surface area contributed by atoms with E-state index in [0.29, 0.717) is 12.3 Å². The van der Waals surface area contributed by atoms with Crippen molar-refractivity contribution in [1.82, 2.24) is 5.32 Å². The zero-order valence-electron chi connectivity index (χ0n) is 11.0. The zero-order valence-corrected chi connectivity index (χ0v) is 11.0. The summed E-state index contributed by atoms with van der Waals surface area (Å²) in [6.45, 7) is 1.95. The third-order valence-electron chi connectivity index (χ3n) is 2.64. The average Bonchev–Trinajstić information content (AvgIpc) is 2.37.